The molecule has 264 valence electrons. The second kappa shape index (κ2) is 12.7. The van der Waals surface area contributed by atoms with Gasteiger partial charge in [-0.3, -0.25) is 14.2 Å². The lowest BCUT2D eigenvalue weighted by Crippen LogP contribution is -2.46. The minimum absolute atomic E-state index is 0.000437. The zero-order valence-electron chi connectivity index (χ0n) is 25.9. The van der Waals surface area contributed by atoms with E-state index in [9.17, 15) is 35.5 Å². The van der Waals surface area contributed by atoms with Crippen molar-refractivity contribution in [3.63, 3.8) is 0 Å². The van der Waals surface area contributed by atoms with Gasteiger partial charge in [0.05, 0.1) is 28.4 Å². The minimum atomic E-state index is -4.62. The van der Waals surface area contributed by atoms with Crippen LogP contribution < -0.4 is 29.1 Å². The summed E-state index contributed by atoms with van der Waals surface area (Å²) in [6.45, 7) is 4.15. The topological polar surface area (TPSA) is 163 Å². The Morgan fingerprint density at radius 1 is 0.780 bits per heavy atom. The highest BCUT2D eigenvalue weighted by atomic mass is 35.5. The molecule has 0 saturated carbocycles. The molecule has 0 radical (unpaired) electrons. The van der Waals surface area contributed by atoms with E-state index in [2.05, 4.69) is 14.8 Å². The molecule has 4 N–H and O–H groups in total. The summed E-state index contributed by atoms with van der Waals surface area (Å²) in [4.78, 5) is 12.2. The van der Waals surface area contributed by atoms with Crippen LogP contribution in [-0.2, 0) is 24.8 Å². The number of sulfonamides is 2. The normalized spacial score (nSPS) is 18.7. The number of aliphatic hydroxyl groups excluding tert-OH is 1. The largest absolute Gasteiger partial charge is 0.482 e. The molecule has 3 atom stereocenters. The van der Waals surface area contributed by atoms with E-state index in [0.29, 0.717) is 6.07 Å². The van der Waals surface area contributed by atoms with Crippen molar-refractivity contribution in [1.29, 1.82) is 0 Å². The molecule has 0 aliphatic carbocycles. The van der Waals surface area contributed by atoms with Crippen LogP contribution in [0, 0.1) is 24.4 Å². The van der Waals surface area contributed by atoms with Gasteiger partial charge in [0.15, 0.2) is 35.5 Å². The molecule has 1 amide bonds. The van der Waals surface area contributed by atoms with Crippen LogP contribution in [0.15, 0.2) is 64.4 Å². The monoisotopic (exact) mass is 772 g/mol. The first-order valence-electron chi connectivity index (χ1n) is 14.5. The summed E-state index contributed by atoms with van der Waals surface area (Å²) in [6, 6.07) is 9.07. The number of carbonyl (C=O) groups excluding carboxylic acids is 1. The SMILES string of the molecule is Cc1c(F)cc(NS(=O)(=O)c2cc(Cl)cc3c2OC(C)C(=O)N3)cc1N1c2cc(Cl)cc(S(=O)(=O)Nc3ccc(F)c(F)c3)c2OC(C)C1O. The molecule has 2 aliphatic heterocycles. The molecular weight excluding hydrogens is 748 g/mol. The number of hydrogen-bond acceptors (Lipinski definition) is 9. The number of nitrogens with zero attached hydrogens (tertiary/aromatic N) is 1. The number of carbonyl (C=O) groups is 1. The number of amides is 1. The van der Waals surface area contributed by atoms with Crippen LogP contribution in [0.1, 0.15) is 19.4 Å². The maximum absolute atomic E-state index is 15.6. The van der Waals surface area contributed by atoms with Crippen LogP contribution >= 0.6 is 23.2 Å². The average Bonchev–Trinajstić information content (AvgIpc) is 3.01. The highest BCUT2D eigenvalue weighted by molar-refractivity contribution is 7.93. The zero-order chi connectivity index (χ0) is 36.4. The summed E-state index contributed by atoms with van der Waals surface area (Å²) in [5.41, 5.74) is -1.00. The summed E-state index contributed by atoms with van der Waals surface area (Å²) in [6.07, 6.45) is -3.81. The maximum atomic E-state index is 15.6. The highest BCUT2D eigenvalue weighted by Crippen LogP contribution is 2.48. The van der Waals surface area contributed by atoms with E-state index in [1.807, 2.05) is 0 Å². The van der Waals surface area contributed by atoms with Crippen LogP contribution in [0.25, 0.3) is 0 Å². The number of rotatable bonds is 7. The number of hydrogen-bond donors (Lipinski definition) is 4. The predicted octanol–water partition coefficient (Wildman–Crippen LogP) is 6.28. The van der Waals surface area contributed by atoms with Gasteiger partial charge in [-0.2, -0.15) is 0 Å². The number of nitrogens with one attached hydrogen (secondary N) is 3. The Balaban J connectivity index is 1.44. The first kappa shape index (κ1) is 35.4. The fraction of sp³-hybridized carbons (Fsp3) is 0.194. The third-order valence-corrected chi connectivity index (χ3v) is 11.0. The molecule has 4 aromatic rings. The van der Waals surface area contributed by atoms with Crippen LogP contribution in [0.2, 0.25) is 10.0 Å². The number of halogens is 5. The van der Waals surface area contributed by atoms with E-state index in [0.717, 1.165) is 35.2 Å². The summed E-state index contributed by atoms with van der Waals surface area (Å²) in [7, 11) is -9.22. The van der Waals surface area contributed by atoms with Crippen molar-refractivity contribution >= 4 is 77.6 Å². The molecule has 19 heteroatoms. The molecule has 4 aromatic carbocycles. The molecule has 0 bridgehead atoms. The highest BCUT2D eigenvalue weighted by Gasteiger charge is 2.39. The Labute approximate surface area is 293 Å². The van der Waals surface area contributed by atoms with Crippen molar-refractivity contribution in [3.8, 4) is 11.5 Å². The van der Waals surface area contributed by atoms with Gasteiger partial charge in [-0.05, 0) is 69.3 Å². The van der Waals surface area contributed by atoms with Crippen LogP contribution in [-0.4, -0.2) is 46.3 Å². The predicted molar refractivity (Wildman–Crippen MR) is 179 cm³/mol. The fourth-order valence-electron chi connectivity index (χ4n) is 5.32. The second-order valence-corrected chi connectivity index (χ2v) is 15.5. The van der Waals surface area contributed by atoms with Crippen molar-refractivity contribution in [2.45, 2.75) is 49.0 Å². The van der Waals surface area contributed by atoms with Gasteiger partial charge in [-0.15, -0.1) is 0 Å². The molecular formula is C31H25Cl2F3N4O8S2. The van der Waals surface area contributed by atoms with Gasteiger partial charge in [-0.25, -0.2) is 30.0 Å². The van der Waals surface area contributed by atoms with Crippen LogP contribution in [0.3, 0.4) is 0 Å². The van der Waals surface area contributed by atoms with Crippen molar-refractivity contribution < 1.29 is 49.4 Å². The molecule has 3 unspecified atom stereocenters. The number of benzene rings is 4. The van der Waals surface area contributed by atoms with Gasteiger partial charge in [0.1, 0.15) is 21.7 Å². The lowest BCUT2D eigenvalue weighted by molar-refractivity contribution is -0.122. The third kappa shape index (κ3) is 6.46. The lowest BCUT2D eigenvalue weighted by Gasteiger charge is -2.41. The van der Waals surface area contributed by atoms with Gasteiger partial charge >= 0.3 is 0 Å². The molecule has 0 spiro atoms. The Hall–Kier alpha value is -4.42. The zero-order valence-corrected chi connectivity index (χ0v) is 29.0. The first-order chi connectivity index (χ1) is 23.4. The second-order valence-electron chi connectivity index (χ2n) is 11.3. The van der Waals surface area contributed by atoms with Gasteiger partial charge in [0.2, 0.25) is 0 Å². The van der Waals surface area contributed by atoms with E-state index in [1.165, 1.54) is 39.0 Å². The quantitative estimate of drug-likeness (QED) is 0.169. The smallest absolute Gasteiger partial charge is 0.265 e. The summed E-state index contributed by atoms with van der Waals surface area (Å²) in [5, 5.41) is 13.6. The van der Waals surface area contributed by atoms with E-state index in [1.54, 1.807) is 0 Å². The van der Waals surface area contributed by atoms with E-state index in [4.69, 9.17) is 32.7 Å². The molecule has 0 fully saturated rings. The molecule has 0 aromatic heterocycles. The summed E-state index contributed by atoms with van der Waals surface area (Å²) < 4.78 is 113. The minimum Gasteiger partial charge on any atom is -0.482 e. The standard InChI is InChI=1S/C31H25Cl2F3N4O8S2/c1-13-21(35)11-19(39-49(43,44)26-8-16(32)6-23-28(26)47-14(2)30(41)37-23)12-24(13)40-25-7-17(33)9-27(29(25)48-15(3)31(40)42)50(45,46)38-18-4-5-20(34)22(36)10-18/h4-12,14-15,31,38-39,42H,1-3H3,(H,37,41). The van der Waals surface area contributed by atoms with Gasteiger partial charge in [-0.1, -0.05) is 23.2 Å². The molecule has 2 aliphatic rings. The molecule has 2 heterocycles. The number of aliphatic hydroxyl groups is 1. The number of fused-ring (bicyclic) bond motifs is 2. The fourth-order valence-corrected chi connectivity index (χ4v) is 8.33. The number of ether oxygens (including phenoxy) is 2. The maximum Gasteiger partial charge on any atom is 0.265 e. The van der Waals surface area contributed by atoms with Crippen molar-refractivity contribution in [1.82, 2.24) is 0 Å². The molecule has 50 heavy (non-hydrogen) atoms. The van der Waals surface area contributed by atoms with Gasteiger partial charge < -0.3 is 24.8 Å². The Kier molecular flexibility index (Phi) is 9.01. The van der Waals surface area contributed by atoms with Crippen molar-refractivity contribution in [3.05, 3.63) is 87.7 Å². The third-order valence-electron chi connectivity index (χ3n) is 7.77. The average molecular weight is 774 g/mol. The van der Waals surface area contributed by atoms with Gasteiger partial charge in [0, 0.05) is 21.7 Å². The summed E-state index contributed by atoms with van der Waals surface area (Å²) >= 11 is 12.5. The Morgan fingerprint density at radius 2 is 1.38 bits per heavy atom. The molecule has 0 saturated heterocycles. The van der Waals surface area contributed by atoms with Crippen LogP contribution in [0.5, 0.6) is 11.5 Å². The van der Waals surface area contributed by atoms with Gasteiger partial charge in [0.25, 0.3) is 26.0 Å². The van der Waals surface area contributed by atoms with E-state index in [-0.39, 0.29) is 55.5 Å². The first-order valence-corrected chi connectivity index (χ1v) is 18.2. The Morgan fingerprint density at radius 3 is 2.04 bits per heavy atom. The van der Waals surface area contributed by atoms with Crippen molar-refractivity contribution in [2.75, 3.05) is 19.7 Å². The molecule has 12 nitrogen and oxygen atoms in total. The molecule has 6 rings (SSSR count). The number of anilines is 5. The van der Waals surface area contributed by atoms with E-state index >= 15 is 4.39 Å². The Bertz CT molecular complexity index is 2320. The van der Waals surface area contributed by atoms with E-state index < -0.39 is 71.6 Å². The lowest BCUT2D eigenvalue weighted by atomic mass is 10.1. The summed E-state index contributed by atoms with van der Waals surface area (Å²) in [5.74, 6) is -4.51. The van der Waals surface area contributed by atoms with Crippen molar-refractivity contribution in [2.24, 2.45) is 0 Å². The van der Waals surface area contributed by atoms with Crippen LogP contribution in [0.4, 0.5) is 41.6 Å².